The number of rotatable bonds is 5. The summed E-state index contributed by atoms with van der Waals surface area (Å²) >= 11 is 0. The first kappa shape index (κ1) is 19.0. The number of nitrogens with one attached hydrogen (secondary N) is 1. The Bertz CT molecular complexity index is 851. The molecule has 0 spiro atoms. The maximum atomic E-state index is 10.3. The highest BCUT2D eigenvalue weighted by Gasteiger charge is 2.44. The first-order chi connectivity index (χ1) is 13.6. The van der Waals surface area contributed by atoms with Gasteiger partial charge in [-0.1, -0.05) is 19.3 Å². The Morgan fingerprint density at radius 3 is 2.75 bits per heavy atom. The van der Waals surface area contributed by atoms with Gasteiger partial charge in [0.25, 0.3) is 0 Å². The van der Waals surface area contributed by atoms with Gasteiger partial charge in [0, 0.05) is 6.21 Å². The second-order valence-corrected chi connectivity index (χ2v) is 7.27. The van der Waals surface area contributed by atoms with Crippen LogP contribution in [-0.4, -0.2) is 66.0 Å². The van der Waals surface area contributed by atoms with Gasteiger partial charge in [-0.05, 0) is 18.8 Å². The number of hydrogen-bond acceptors (Lipinski definition) is 10. The van der Waals surface area contributed by atoms with Gasteiger partial charge in [-0.25, -0.2) is 10.4 Å². The maximum Gasteiger partial charge on any atom is 0.247 e. The van der Waals surface area contributed by atoms with E-state index in [2.05, 4.69) is 25.5 Å². The minimum absolute atomic E-state index is 0.158. The number of hydrogen-bond donors (Lipinski definition) is 5. The average molecular weight is 391 g/mol. The summed E-state index contributed by atoms with van der Waals surface area (Å²) in [6.45, 7) is -0.416. The zero-order valence-electron chi connectivity index (χ0n) is 15.3. The standard InChI is InChI=1S/C17H25N7O4/c18-14-11-15(22-17(21-14)23-20-6-9-4-2-1-3-5-9)24(8-19-11)16-13(27)12(26)10(7-25)28-16/h6,8-10,12-13,16,25-27H,1-5,7H2,(H3,18,21,22,23)/b20-6+/t10?,12-,13-,16?/m1/s1. The van der Waals surface area contributed by atoms with Crippen LogP contribution in [0.2, 0.25) is 0 Å². The van der Waals surface area contributed by atoms with Gasteiger partial charge >= 0.3 is 0 Å². The van der Waals surface area contributed by atoms with Crippen LogP contribution in [0.25, 0.3) is 11.2 Å². The molecular weight excluding hydrogens is 366 g/mol. The first-order valence-electron chi connectivity index (χ1n) is 9.50. The van der Waals surface area contributed by atoms with Gasteiger partial charge in [0.05, 0.1) is 12.9 Å². The van der Waals surface area contributed by atoms with E-state index in [-0.39, 0.29) is 11.8 Å². The van der Waals surface area contributed by atoms with Crippen molar-refractivity contribution in [1.29, 1.82) is 0 Å². The van der Waals surface area contributed by atoms with Crippen LogP contribution >= 0.6 is 0 Å². The fraction of sp³-hybridized carbons (Fsp3) is 0.647. The third-order valence-corrected chi connectivity index (χ3v) is 5.34. The van der Waals surface area contributed by atoms with Crippen molar-refractivity contribution in [2.24, 2.45) is 11.0 Å². The molecule has 0 amide bonds. The van der Waals surface area contributed by atoms with E-state index in [0.29, 0.717) is 17.1 Å². The Morgan fingerprint density at radius 1 is 1.25 bits per heavy atom. The fourth-order valence-corrected chi connectivity index (χ4v) is 3.77. The van der Waals surface area contributed by atoms with E-state index in [4.69, 9.17) is 10.5 Å². The number of nitrogen functional groups attached to an aromatic ring is 1. The lowest BCUT2D eigenvalue weighted by atomic mass is 9.90. The van der Waals surface area contributed by atoms with Crippen LogP contribution in [0.4, 0.5) is 11.8 Å². The molecule has 2 aromatic heterocycles. The van der Waals surface area contributed by atoms with Crippen LogP contribution < -0.4 is 11.2 Å². The number of nitrogens with zero attached hydrogens (tertiary/aromatic N) is 5. The van der Waals surface area contributed by atoms with E-state index in [1.165, 1.54) is 30.2 Å². The number of nitrogens with two attached hydrogens (primary N) is 1. The third-order valence-electron chi connectivity index (χ3n) is 5.34. The van der Waals surface area contributed by atoms with Gasteiger partial charge in [0.15, 0.2) is 17.7 Å². The lowest BCUT2D eigenvalue weighted by Crippen LogP contribution is -2.33. The minimum Gasteiger partial charge on any atom is -0.394 e. The number of aromatic nitrogens is 4. The van der Waals surface area contributed by atoms with Crippen LogP contribution in [0.3, 0.4) is 0 Å². The molecule has 152 valence electrons. The predicted molar refractivity (Wildman–Crippen MR) is 101 cm³/mol. The Morgan fingerprint density at radius 2 is 2.04 bits per heavy atom. The summed E-state index contributed by atoms with van der Waals surface area (Å²) in [6, 6.07) is 0. The third kappa shape index (κ3) is 3.53. The molecular formula is C17H25N7O4. The van der Waals surface area contributed by atoms with Crippen LogP contribution in [0.15, 0.2) is 11.4 Å². The number of ether oxygens (including phenoxy) is 1. The van der Waals surface area contributed by atoms with Crippen molar-refractivity contribution in [2.45, 2.75) is 56.6 Å². The second-order valence-electron chi connectivity index (χ2n) is 7.27. The van der Waals surface area contributed by atoms with E-state index in [0.717, 1.165) is 12.8 Å². The largest absolute Gasteiger partial charge is 0.394 e. The molecule has 28 heavy (non-hydrogen) atoms. The average Bonchev–Trinajstić information content (AvgIpc) is 3.24. The number of fused-ring (bicyclic) bond motifs is 1. The number of aliphatic hydroxyl groups is 3. The van der Waals surface area contributed by atoms with Gasteiger partial charge in [0.1, 0.15) is 23.8 Å². The van der Waals surface area contributed by atoms with Crippen molar-refractivity contribution in [3.63, 3.8) is 0 Å². The number of hydrazone groups is 1. The van der Waals surface area contributed by atoms with Crippen LogP contribution in [0, 0.1) is 5.92 Å². The molecule has 2 aromatic rings. The number of aliphatic hydroxyl groups excluding tert-OH is 3. The molecule has 3 heterocycles. The lowest BCUT2D eigenvalue weighted by Gasteiger charge is -2.17. The second kappa shape index (κ2) is 7.95. The van der Waals surface area contributed by atoms with E-state index < -0.39 is 31.1 Å². The Hall–Kier alpha value is -2.34. The summed E-state index contributed by atoms with van der Waals surface area (Å²) in [5, 5.41) is 33.8. The van der Waals surface area contributed by atoms with Crippen molar-refractivity contribution >= 4 is 29.1 Å². The Balaban J connectivity index is 1.57. The lowest BCUT2D eigenvalue weighted by molar-refractivity contribution is -0.0511. The van der Waals surface area contributed by atoms with Gasteiger partial charge in [-0.15, -0.1) is 0 Å². The molecule has 1 saturated heterocycles. The smallest absolute Gasteiger partial charge is 0.247 e. The molecule has 1 aliphatic carbocycles. The summed E-state index contributed by atoms with van der Waals surface area (Å²) in [5.74, 6) is 0.809. The van der Waals surface area contributed by atoms with E-state index in [9.17, 15) is 15.3 Å². The minimum atomic E-state index is -1.24. The zero-order valence-corrected chi connectivity index (χ0v) is 15.3. The molecule has 2 aliphatic rings. The molecule has 6 N–H and O–H groups in total. The molecule has 1 aliphatic heterocycles. The number of anilines is 2. The molecule has 4 atom stereocenters. The molecule has 0 bridgehead atoms. The highest BCUT2D eigenvalue weighted by atomic mass is 16.6. The highest BCUT2D eigenvalue weighted by Crippen LogP contribution is 2.32. The van der Waals surface area contributed by atoms with Crippen molar-refractivity contribution in [3.8, 4) is 0 Å². The fourth-order valence-electron chi connectivity index (χ4n) is 3.77. The van der Waals surface area contributed by atoms with Crippen molar-refractivity contribution in [3.05, 3.63) is 6.33 Å². The van der Waals surface area contributed by atoms with Gasteiger partial charge in [-0.2, -0.15) is 15.1 Å². The molecule has 0 aromatic carbocycles. The van der Waals surface area contributed by atoms with Crippen molar-refractivity contribution in [1.82, 2.24) is 19.5 Å². The quantitative estimate of drug-likeness (QED) is 0.348. The first-order valence-corrected chi connectivity index (χ1v) is 9.50. The van der Waals surface area contributed by atoms with Crippen LogP contribution in [0.1, 0.15) is 38.3 Å². The van der Waals surface area contributed by atoms with E-state index in [1.54, 1.807) is 0 Å². The summed E-state index contributed by atoms with van der Waals surface area (Å²) in [6.07, 6.45) is 4.95. The summed E-state index contributed by atoms with van der Waals surface area (Å²) < 4.78 is 7.01. The van der Waals surface area contributed by atoms with Gasteiger partial charge in [0.2, 0.25) is 5.95 Å². The molecule has 2 unspecified atom stereocenters. The maximum absolute atomic E-state index is 10.3. The Labute approximate surface area is 161 Å². The van der Waals surface area contributed by atoms with Gasteiger partial charge < -0.3 is 25.8 Å². The molecule has 4 rings (SSSR count). The molecule has 11 nitrogen and oxygen atoms in total. The SMILES string of the molecule is Nc1nc(N/N=C/C2CCCCC2)nc2c1ncn2C1OC(CO)[C@@H](O)[C@H]1O. The molecule has 11 heteroatoms. The highest BCUT2D eigenvalue weighted by molar-refractivity contribution is 5.83. The van der Waals surface area contributed by atoms with Crippen LogP contribution in [-0.2, 0) is 4.74 Å². The summed E-state index contributed by atoms with van der Waals surface area (Å²) in [4.78, 5) is 12.7. The summed E-state index contributed by atoms with van der Waals surface area (Å²) in [5.41, 5.74) is 9.47. The molecule has 1 saturated carbocycles. The van der Waals surface area contributed by atoms with E-state index in [1.807, 2.05) is 6.21 Å². The topological polar surface area (TPSA) is 164 Å². The summed E-state index contributed by atoms with van der Waals surface area (Å²) in [7, 11) is 0. The zero-order chi connectivity index (χ0) is 19.7. The number of imidazole rings is 1. The van der Waals surface area contributed by atoms with Gasteiger partial charge in [-0.3, -0.25) is 4.57 Å². The normalized spacial score (nSPS) is 29.1. The molecule has 0 radical (unpaired) electrons. The Kier molecular flexibility index (Phi) is 5.40. The predicted octanol–water partition coefficient (Wildman–Crippen LogP) is -0.00200. The van der Waals surface area contributed by atoms with Crippen LogP contribution in [0.5, 0.6) is 0 Å². The molecule has 2 fully saturated rings. The monoisotopic (exact) mass is 391 g/mol. The van der Waals surface area contributed by atoms with Crippen molar-refractivity contribution < 1.29 is 20.1 Å². The van der Waals surface area contributed by atoms with Crippen molar-refractivity contribution in [2.75, 3.05) is 17.8 Å². The van der Waals surface area contributed by atoms with E-state index >= 15 is 0 Å².